The molecule has 6 rings (SSSR count). The van der Waals surface area contributed by atoms with Crippen LogP contribution in [0.4, 0.5) is 5.82 Å². The second-order valence-corrected chi connectivity index (χ2v) is 9.95. The number of nitrogens with one attached hydrogen (secondary N) is 2. The number of nitrogens with zero attached hydrogens (tertiary/aromatic N) is 4. The molecule has 2 bridgehead atoms. The minimum atomic E-state index is 0.0797. The quantitative estimate of drug-likeness (QED) is 0.542. The van der Waals surface area contributed by atoms with Crippen LogP contribution in [0.5, 0.6) is 11.6 Å². The molecular weight excluding hydrogens is 444 g/mol. The number of hydrogen-bond donors (Lipinski definition) is 2. The van der Waals surface area contributed by atoms with Crippen molar-refractivity contribution >= 4 is 22.6 Å². The summed E-state index contributed by atoms with van der Waals surface area (Å²) < 4.78 is 13.1. The van der Waals surface area contributed by atoms with Crippen molar-refractivity contribution in [3.05, 3.63) is 30.6 Å². The van der Waals surface area contributed by atoms with Crippen molar-refractivity contribution in [1.82, 2.24) is 24.8 Å². The molecule has 3 fully saturated rings. The standard InChI is InChI=1S/C26H32N6O3/c1-31-20(24-22(34-2)6-7-28-26(24)35-3)9-15-10-23(29-13-21(15)31)30-25(33)19-8-16(19)14-32-17-4-5-18(32)12-27-11-17/h6-7,9-10,13,16-19,27H,4-5,8,11-12,14H2,1-3H3,(H,29,30,33). The Morgan fingerprint density at radius 1 is 1.17 bits per heavy atom. The van der Waals surface area contributed by atoms with Crippen LogP contribution in [0.15, 0.2) is 30.6 Å². The molecule has 0 spiro atoms. The van der Waals surface area contributed by atoms with E-state index in [2.05, 4.69) is 31.6 Å². The van der Waals surface area contributed by atoms with E-state index in [1.54, 1.807) is 26.6 Å². The van der Waals surface area contributed by atoms with E-state index in [9.17, 15) is 4.79 Å². The highest BCUT2D eigenvalue weighted by Gasteiger charge is 2.47. The first-order valence-corrected chi connectivity index (χ1v) is 12.4. The Morgan fingerprint density at radius 3 is 2.71 bits per heavy atom. The number of anilines is 1. The van der Waals surface area contributed by atoms with Crippen molar-refractivity contribution in [2.24, 2.45) is 18.9 Å². The van der Waals surface area contributed by atoms with Gasteiger partial charge in [0.15, 0.2) is 0 Å². The molecule has 1 amide bonds. The molecule has 4 unspecified atom stereocenters. The molecule has 4 atom stereocenters. The van der Waals surface area contributed by atoms with Gasteiger partial charge in [-0.1, -0.05) is 0 Å². The van der Waals surface area contributed by atoms with Gasteiger partial charge in [0.2, 0.25) is 11.8 Å². The van der Waals surface area contributed by atoms with Gasteiger partial charge in [0, 0.05) is 56.3 Å². The number of pyridine rings is 2. The Hall–Kier alpha value is -3.17. The fraction of sp³-hybridized carbons (Fsp3) is 0.500. The number of fused-ring (bicyclic) bond motifs is 3. The Bertz CT molecular complexity index is 1240. The van der Waals surface area contributed by atoms with Gasteiger partial charge in [0.25, 0.3) is 0 Å². The summed E-state index contributed by atoms with van der Waals surface area (Å²) in [5.41, 5.74) is 2.63. The topological polar surface area (TPSA) is 93.5 Å². The predicted molar refractivity (Wildman–Crippen MR) is 134 cm³/mol. The minimum absolute atomic E-state index is 0.0797. The number of aromatic nitrogens is 3. The van der Waals surface area contributed by atoms with Gasteiger partial charge in [0.1, 0.15) is 17.1 Å². The maximum absolute atomic E-state index is 13.0. The number of methoxy groups -OCH3 is 2. The molecule has 2 aliphatic heterocycles. The van der Waals surface area contributed by atoms with Crippen molar-refractivity contribution in [2.75, 3.05) is 39.2 Å². The average molecular weight is 477 g/mol. The SMILES string of the molecule is COc1ccnc(OC)c1-c1cc2cc(NC(=O)C3CC3CN3C4CCC3CNC4)ncc2n1C. The molecular formula is C26H32N6O3. The Morgan fingerprint density at radius 2 is 1.97 bits per heavy atom. The molecule has 2 N–H and O–H groups in total. The average Bonchev–Trinajstić information content (AvgIpc) is 3.53. The van der Waals surface area contributed by atoms with Crippen molar-refractivity contribution in [1.29, 1.82) is 0 Å². The Balaban J connectivity index is 1.18. The number of hydrogen-bond acceptors (Lipinski definition) is 7. The molecule has 9 nitrogen and oxygen atoms in total. The van der Waals surface area contributed by atoms with E-state index in [1.807, 2.05) is 23.7 Å². The summed E-state index contributed by atoms with van der Waals surface area (Å²) in [4.78, 5) is 24.5. The van der Waals surface area contributed by atoms with E-state index in [0.717, 1.165) is 48.2 Å². The van der Waals surface area contributed by atoms with Crippen LogP contribution in [0.3, 0.4) is 0 Å². The van der Waals surface area contributed by atoms with Crippen molar-refractivity contribution in [3.63, 3.8) is 0 Å². The third-order valence-electron chi connectivity index (χ3n) is 7.96. The highest BCUT2D eigenvalue weighted by Crippen LogP contribution is 2.43. The monoisotopic (exact) mass is 476 g/mol. The summed E-state index contributed by atoms with van der Waals surface area (Å²) in [5, 5.41) is 7.57. The first-order chi connectivity index (χ1) is 17.1. The van der Waals surface area contributed by atoms with Gasteiger partial charge in [-0.05, 0) is 43.4 Å². The van der Waals surface area contributed by atoms with Crippen LogP contribution >= 0.6 is 0 Å². The van der Waals surface area contributed by atoms with Crippen LogP contribution in [0.2, 0.25) is 0 Å². The van der Waals surface area contributed by atoms with E-state index in [1.165, 1.54) is 12.8 Å². The van der Waals surface area contributed by atoms with E-state index < -0.39 is 0 Å². The number of carbonyl (C=O) groups excluding carboxylic acids is 1. The maximum Gasteiger partial charge on any atom is 0.228 e. The molecule has 0 radical (unpaired) electrons. The van der Waals surface area contributed by atoms with Crippen LogP contribution < -0.4 is 20.1 Å². The van der Waals surface area contributed by atoms with Crippen molar-refractivity contribution < 1.29 is 14.3 Å². The molecule has 35 heavy (non-hydrogen) atoms. The molecule has 1 saturated carbocycles. The smallest absolute Gasteiger partial charge is 0.228 e. The van der Waals surface area contributed by atoms with E-state index in [-0.39, 0.29) is 11.8 Å². The zero-order chi connectivity index (χ0) is 24.1. The number of piperazine rings is 1. The summed E-state index contributed by atoms with van der Waals surface area (Å²) in [7, 11) is 5.21. The summed E-state index contributed by atoms with van der Waals surface area (Å²) in [6, 6.07) is 7.09. The Labute approximate surface area is 204 Å². The van der Waals surface area contributed by atoms with Crippen LogP contribution in [-0.2, 0) is 11.8 Å². The third-order valence-corrected chi connectivity index (χ3v) is 7.96. The number of carbonyl (C=O) groups is 1. The second kappa shape index (κ2) is 8.80. The fourth-order valence-electron chi connectivity index (χ4n) is 5.96. The predicted octanol–water partition coefficient (Wildman–Crippen LogP) is 2.66. The number of ether oxygens (including phenoxy) is 2. The zero-order valence-electron chi connectivity index (χ0n) is 20.5. The van der Waals surface area contributed by atoms with Crippen LogP contribution in [0.25, 0.3) is 22.2 Å². The molecule has 3 aliphatic rings. The van der Waals surface area contributed by atoms with E-state index >= 15 is 0 Å². The van der Waals surface area contributed by atoms with Crippen LogP contribution in [0.1, 0.15) is 19.3 Å². The van der Waals surface area contributed by atoms with E-state index in [4.69, 9.17) is 9.47 Å². The normalized spacial score (nSPS) is 25.6. The van der Waals surface area contributed by atoms with Crippen molar-refractivity contribution in [3.8, 4) is 22.9 Å². The largest absolute Gasteiger partial charge is 0.496 e. The number of aryl methyl sites for hydroxylation is 1. The first kappa shape index (κ1) is 22.3. The summed E-state index contributed by atoms with van der Waals surface area (Å²) >= 11 is 0. The molecule has 1 aliphatic carbocycles. The molecule has 2 saturated heterocycles. The van der Waals surface area contributed by atoms with Gasteiger partial charge < -0.3 is 24.7 Å². The molecule has 9 heteroatoms. The lowest BCUT2D eigenvalue weighted by molar-refractivity contribution is -0.117. The van der Waals surface area contributed by atoms with E-state index in [0.29, 0.717) is 35.4 Å². The van der Waals surface area contributed by atoms with Gasteiger partial charge in [-0.25, -0.2) is 9.97 Å². The highest BCUT2D eigenvalue weighted by molar-refractivity contribution is 5.96. The van der Waals surface area contributed by atoms with Gasteiger partial charge in [-0.3, -0.25) is 9.69 Å². The zero-order valence-corrected chi connectivity index (χ0v) is 20.5. The molecule has 3 aromatic rings. The lowest BCUT2D eigenvalue weighted by Crippen LogP contribution is -2.52. The lowest BCUT2D eigenvalue weighted by atomic mass is 10.1. The van der Waals surface area contributed by atoms with Crippen molar-refractivity contribution in [2.45, 2.75) is 31.3 Å². The van der Waals surface area contributed by atoms with Crippen LogP contribution in [-0.4, -0.2) is 71.3 Å². The highest BCUT2D eigenvalue weighted by atomic mass is 16.5. The maximum atomic E-state index is 13.0. The van der Waals surface area contributed by atoms with Crippen LogP contribution in [0, 0.1) is 11.8 Å². The summed E-state index contributed by atoms with van der Waals surface area (Å²) in [6.07, 6.45) is 6.99. The molecule has 5 heterocycles. The van der Waals surface area contributed by atoms with Gasteiger partial charge in [-0.15, -0.1) is 0 Å². The molecule has 0 aromatic carbocycles. The summed E-state index contributed by atoms with van der Waals surface area (Å²) in [6.45, 7) is 3.21. The number of rotatable bonds is 7. The fourth-order valence-corrected chi connectivity index (χ4v) is 5.96. The molecule has 3 aromatic heterocycles. The third kappa shape index (κ3) is 3.92. The lowest BCUT2D eigenvalue weighted by Gasteiger charge is -2.35. The second-order valence-electron chi connectivity index (χ2n) is 9.95. The number of amides is 1. The van der Waals surface area contributed by atoms with Gasteiger partial charge in [-0.2, -0.15) is 0 Å². The van der Waals surface area contributed by atoms with Gasteiger partial charge >= 0.3 is 0 Å². The Kier molecular flexibility index (Phi) is 5.61. The first-order valence-electron chi connectivity index (χ1n) is 12.4. The van der Waals surface area contributed by atoms with Gasteiger partial charge in [0.05, 0.1) is 31.6 Å². The molecule has 184 valence electrons. The summed E-state index contributed by atoms with van der Waals surface area (Å²) in [5.74, 6) is 2.37. The minimum Gasteiger partial charge on any atom is -0.496 e.